The summed E-state index contributed by atoms with van der Waals surface area (Å²) in [6, 6.07) is 3.34. The Balaban J connectivity index is 2.36. The first-order valence-corrected chi connectivity index (χ1v) is 6.79. The number of rotatable bonds is 3. The molecule has 0 amide bonds. The molecule has 21 heavy (non-hydrogen) atoms. The maximum Gasteiger partial charge on any atom is 0.416 e. The Bertz CT molecular complexity index is 583. The first kappa shape index (κ1) is 15.8. The molecule has 0 radical (unpaired) electrons. The number of hydrogen-bond acceptors (Lipinski definition) is 3. The fourth-order valence-electron chi connectivity index (χ4n) is 1.94. The van der Waals surface area contributed by atoms with Gasteiger partial charge < -0.3 is 9.94 Å². The van der Waals surface area contributed by atoms with Gasteiger partial charge in [-0.05, 0) is 35.0 Å². The second-order valence-electron chi connectivity index (χ2n) is 4.32. The largest absolute Gasteiger partial charge is 0.480 e. The predicted molar refractivity (Wildman–Crippen MR) is 72.2 cm³/mol. The van der Waals surface area contributed by atoms with Crippen molar-refractivity contribution >= 4 is 27.7 Å². The lowest BCUT2D eigenvalue weighted by Crippen LogP contribution is -2.36. The van der Waals surface area contributed by atoms with Crippen molar-refractivity contribution in [1.29, 1.82) is 0 Å². The molecule has 0 fully saturated rings. The highest BCUT2D eigenvalue weighted by Gasteiger charge is 2.39. The van der Waals surface area contributed by atoms with Gasteiger partial charge in [0.1, 0.15) is 0 Å². The van der Waals surface area contributed by atoms with Crippen LogP contribution in [0.15, 0.2) is 28.7 Å². The number of aliphatic carboxylic acids is 1. The number of carboxylic acids is 1. The summed E-state index contributed by atoms with van der Waals surface area (Å²) in [5.41, 5.74) is -0.403. The van der Waals surface area contributed by atoms with Gasteiger partial charge in [-0.15, -0.1) is 5.06 Å². The number of carboxylic acid groups (broad SMARTS) is 1. The van der Waals surface area contributed by atoms with Crippen LogP contribution in [0.4, 0.5) is 13.2 Å². The van der Waals surface area contributed by atoms with Crippen molar-refractivity contribution in [3.05, 3.63) is 39.9 Å². The maximum atomic E-state index is 12.5. The monoisotopic (exact) mass is 365 g/mol. The Labute approximate surface area is 126 Å². The minimum Gasteiger partial charge on any atom is -0.480 e. The molecule has 0 saturated carbocycles. The van der Waals surface area contributed by atoms with E-state index in [1.54, 1.807) is 6.92 Å². The van der Waals surface area contributed by atoms with E-state index in [0.29, 0.717) is 12.1 Å². The maximum absolute atomic E-state index is 12.5. The molecule has 1 unspecified atom stereocenters. The van der Waals surface area contributed by atoms with E-state index in [-0.39, 0.29) is 10.2 Å². The van der Waals surface area contributed by atoms with Crippen LogP contribution in [0.5, 0.6) is 0 Å². The molecule has 0 aliphatic carbocycles. The van der Waals surface area contributed by atoms with Crippen molar-refractivity contribution < 1.29 is 27.9 Å². The Kier molecular flexibility index (Phi) is 4.29. The van der Waals surface area contributed by atoms with E-state index < -0.39 is 23.8 Å². The minimum atomic E-state index is -4.42. The average molecular weight is 366 g/mol. The zero-order chi connectivity index (χ0) is 15.8. The molecule has 4 nitrogen and oxygen atoms in total. The molecule has 1 aromatic carbocycles. The summed E-state index contributed by atoms with van der Waals surface area (Å²) in [5.74, 6) is -0.899. The van der Waals surface area contributed by atoms with Crippen LogP contribution in [0.3, 0.4) is 0 Å². The number of halogens is 4. The first-order valence-electron chi connectivity index (χ1n) is 6.00. The van der Waals surface area contributed by atoms with Crippen molar-refractivity contribution in [2.24, 2.45) is 0 Å². The molecule has 1 atom stereocenters. The van der Waals surface area contributed by atoms with Crippen molar-refractivity contribution in [3.8, 4) is 0 Å². The molecule has 8 heteroatoms. The minimum absolute atomic E-state index is 0.206. The van der Waals surface area contributed by atoms with E-state index in [1.165, 1.54) is 17.2 Å². The van der Waals surface area contributed by atoms with Crippen LogP contribution in [0.25, 0.3) is 5.76 Å². The Morgan fingerprint density at radius 2 is 1.95 bits per heavy atom. The number of nitrogens with zero attached hydrogens (tertiary/aromatic N) is 1. The lowest BCUT2D eigenvalue weighted by Gasteiger charge is -2.18. The third-order valence-electron chi connectivity index (χ3n) is 2.97. The van der Waals surface area contributed by atoms with E-state index in [1.807, 2.05) is 0 Å². The molecule has 1 heterocycles. The van der Waals surface area contributed by atoms with Crippen LogP contribution < -0.4 is 0 Å². The molecule has 114 valence electrons. The molecule has 1 N–H and O–H groups in total. The molecule has 0 bridgehead atoms. The fourth-order valence-corrected chi connectivity index (χ4v) is 2.67. The summed E-state index contributed by atoms with van der Waals surface area (Å²) in [6.07, 6.45) is -4.42. The zero-order valence-electron chi connectivity index (χ0n) is 10.8. The number of alkyl halides is 3. The van der Waals surface area contributed by atoms with Crippen molar-refractivity contribution in [1.82, 2.24) is 5.06 Å². The van der Waals surface area contributed by atoms with Gasteiger partial charge in [0.05, 0.1) is 10.0 Å². The van der Waals surface area contributed by atoms with E-state index in [0.717, 1.165) is 12.1 Å². The van der Waals surface area contributed by atoms with E-state index >= 15 is 0 Å². The summed E-state index contributed by atoms with van der Waals surface area (Å²) in [4.78, 5) is 16.6. The fraction of sp³-hybridized carbons (Fsp3) is 0.308. The standard InChI is InChI=1S/C13H11BrF3NO3/c1-2-18-10(12(19)20)9(14)11(21-18)7-3-5-8(6-4-7)13(15,16)17/h3-6,10H,2H2,1H3,(H,19,20). The molecule has 0 saturated heterocycles. The van der Waals surface area contributed by atoms with Gasteiger partial charge in [0, 0.05) is 12.1 Å². The molecule has 1 aromatic rings. The van der Waals surface area contributed by atoms with Crippen molar-refractivity contribution in [2.75, 3.05) is 6.54 Å². The van der Waals surface area contributed by atoms with Crippen LogP contribution in [0, 0.1) is 0 Å². The predicted octanol–water partition coefficient (Wildman–Crippen LogP) is 3.49. The number of carbonyl (C=O) groups is 1. The third-order valence-corrected chi connectivity index (χ3v) is 3.77. The molecule has 1 aliphatic rings. The van der Waals surface area contributed by atoms with Gasteiger partial charge in [-0.25, -0.2) is 4.79 Å². The lowest BCUT2D eigenvalue weighted by molar-refractivity contribution is -0.155. The number of benzene rings is 1. The van der Waals surface area contributed by atoms with Gasteiger partial charge in [-0.2, -0.15) is 13.2 Å². The highest BCUT2D eigenvalue weighted by atomic mass is 79.9. The Morgan fingerprint density at radius 1 is 1.38 bits per heavy atom. The molecular weight excluding hydrogens is 355 g/mol. The van der Waals surface area contributed by atoms with E-state index in [4.69, 9.17) is 9.94 Å². The van der Waals surface area contributed by atoms with Crippen LogP contribution in [-0.4, -0.2) is 28.7 Å². The van der Waals surface area contributed by atoms with Crippen LogP contribution in [0.2, 0.25) is 0 Å². The summed E-state index contributed by atoms with van der Waals surface area (Å²) in [6.45, 7) is 2.03. The number of hydroxylamine groups is 2. The van der Waals surface area contributed by atoms with E-state index in [9.17, 15) is 18.0 Å². The highest BCUT2D eigenvalue weighted by Crippen LogP contribution is 2.37. The molecule has 0 spiro atoms. The summed E-state index contributed by atoms with van der Waals surface area (Å²) < 4.78 is 37.8. The quantitative estimate of drug-likeness (QED) is 0.890. The summed E-state index contributed by atoms with van der Waals surface area (Å²) in [5, 5.41) is 10.4. The lowest BCUT2D eigenvalue weighted by atomic mass is 10.1. The summed E-state index contributed by atoms with van der Waals surface area (Å²) in [7, 11) is 0. The Morgan fingerprint density at radius 3 is 2.33 bits per heavy atom. The summed E-state index contributed by atoms with van der Waals surface area (Å²) >= 11 is 3.16. The highest BCUT2D eigenvalue weighted by molar-refractivity contribution is 9.12. The molecular formula is C13H11BrF3NO3. The van der Waals surface area contributed by atoms with Gasteiger partial charge >= 0.3 is 12.1 Å². The van der Waals surface area contributed by atoms with Gasteiger partial charge in [0.15, 0.2) is 11.8 Å². The second-order valence-corrected chi connectivity index (χ2v) is 5.17. The normalized spacial score (nSPS) is 19.8. The van der Waals surface area contributed by atoms with Crippen LogP contribution in [-0.2, 0) is 15.8 Å². The molecule has 2 rings (SSSR count). The first-order chi connectivity index (χ1) is 9.75. The van der Waals surface area contributed by atoms with Gasteiger partial charge in [-0.1, -0.05) is 12.1 Å². The van der Waals surface area contributed by atoms with Crippen LogP contribution in [0.1, 0.15) is 18.1 Å². The van der Waals surface area contributed by atoms with Gasteiger partial charge in [0.2, 0.25) is 0 Å². The van der Waals surface area contributed by atoms with Gasteiger partial charge in [0.25, 0.3) is 0 Å². The molecule has 1 aliphatic heterocycles. The van der Waals surface area contributed by atoms with Gasteiger partial charge in [-0.3, -0.25) is 0 Å². The number of hydrogen-bond donors (Lipinski definition) is 1. The SMILES string of the molecule is CCN1OC(c2ccc(C(F)(F)F)cc2)=C(Br)C1C(=O)O. The zero-order valence-corrected chi connectivity index (χ0v) is 12.4. The third kappa shape index (κ3) is 3.06. The number of likely N-dealkylation sites (N-methyl/N-ethyl adjacent to an activating group) is 1. The topological polar surface area (TPSA) is 49.8 Å². The second kappa shape index (κ2) is 5.69. The average Bonchev–Trinajstić information content (AvgIpc) is 2.75. The molecule has 0 aromatic heterocycles. The Hall–Kier alpha value is -1.54. The van der Waals surface area contributed by atoms with Crippen LogP contribution >= 0.6 is 15.9 Å². The van der Waals surface area contributed by atoms with Crippen molar-refractivity contribution in [2.45, 2.75) is 19.1 Å². The smallest absolute Gasteiger partial charge is 0.416 e. The van der Waals surface area contributed by atoms with E-state index in [2.05, 4.69) is 15.9 Å². The van der Waals surface area contributed by atoms with Crippen molar-refractivity contribution in [3.63, 3.8) is 0 Å².